The van der Waals surface area contributed by atoms with Crippen molar-refractivity contribution in [2.24, 2.45) is 5.41 Å². The molecular weight excluding hydrogens is 164 g/mol. The Balaban J connectivity index is 2.59. The molecule has 1 rings (SSSR count). The van der Waals surface area contributed by atoms with Crippen molar-refractivity contribution in [2.45, 2.75) is 20.3 Å². The summed E-state index contributed by atoms with van der Waals surface area (Å²) in [5, 5.41) is 0. The Morgan fingerprint density at radius 2 is 1.92 bits per heavy atom. The van der Waals surface area contributed by atoms with Crippen LogP contribution in [0.3, 0.4) is 0 Å². The van der Waals surface area contributed by atoms with Gasteiger partial charge in [-0.25, -0.2) is 0 Å². The first-order valence-electron chi connectivity index (χ1n) is 5.00. The molecule has 1 fully saturated rings. The number of amides is 1. The van der Waals surface area contributed by atoms with Gasteiger partial charge >= 0.3 is 0 Å². The molecule has 0 saturated carbocycles. The van der Waals surface area contributed by atoms with Gasteiger partial charge in [-0.05, 0) is 13.0 Å². The lowest BCUT2D eigenvalue weighted by Crippen LogP contribution is -2.62. The van der Waals surface area contributed by atoms with Crippen molar-refractivity contribution in [2.75, 3.05) is 33.7 Å². The van der Waals surface area contributed by atoms with Gasteiger partial charge in [0.15, 0.2) is 0 Å². The molecule has 0 radical (unpaired) electrons. The third-order valence-electron chi connectivity index (χ3n) is 3.04. The molecule has 1 aliphatic rings. The summed E-state index contributed by atoms with van der Waals surface area (Å²) < 4.78 is 0. The molecule has 0 atom stereocenters. The van der Waals surface area contributed by atoms with Gasteiger partial charge in [-0.1, -0.05) is 13.8 Å². The van der Waals surface area contributed by atoms with Crippen LogP contribution in [0, 0.1) is 5.41 Å². The van der Waals surface area contributed by atoms with E-state index in [1.807, 2.05) is 14.1 Å². The van der Waals surface area contributed by atoms with Crippen LogP contribution in [-0.4, -0.2) is 49.4 Å². The van der Waals surface area contributed by atoms with Crippen LogP contribution >= 0.6 is 0 Å². The minimum absolute atomic E-state index is 0.0699. The van der Waals surface area contributed by atoms with E-state index in [0.717, 1.165) is 26.1 Å². The number of likely N-dealkylation sites (tertiary alicyclic amines) is 1. The van der Waals surface area contributed by atoms with E-state index >= 15 is 0 Å². The van der Waals surface area contributed by atoms with Crippen LogP contribution in [0.15, 0.2) is 0 Å². The summed E-state index contributed by atoms with van der Waals surface area (Å²) >= 11 is 0. The maximum atomic E-state index is 11.8. The fourth-order valence-corrected chi connectivity index (χ4v) is 2.02. The number of carbonyl (C=O) groups excluding carboxylic acids is 1. The summed E-state index contributed by atoms with van der Waals surface area (Å²) in [6, 6.07) is 0. The van der Waals surface area contributed by atoms with E-state index in [-0.39, 0.29) is 5.41 Å². The zero-order valence-electron chi connectivity index (χ0n) is 9.13. The van der Waals surface area contributed by atoms with Crippen molar-refractivity contribution >= 4 is 5.91 Å². The molecular formula is C10H20N2O. The highest BCUT2D eigenvalue weighted by Gasteiger charge is 2.47. The lowest BCUT2D eigenvalue weighted by Gasteiger charge is -2.49. The maximum absolute atomic E-state index is 11.8. The maximum Gasteiger partial charge on any atom is 0.230 e. The average Bonchev–Trinajstić information content (AvgIpc) is 2.03. The number of rotatable bonds is 3. The highest BCUT2D eigenvalue weighted by molar-refractivity contribution is 5.83. The molecule has 0 bridgehead atoms. The van der Waals surface area contributed by atoms with Gasteiger partial charge in [0.1, 0.15) is 0 Å². The van der Waals surface area contributed by atoms with Crippen LogP contribution in [0.5, 0.6) is 0 Å². The van der Waals surface area contributed by atoms with E-state index in [0.29, 0.717) is 5.91 Å². The zero-order chi connectivity index (χ0) is 10.1. The fourth-order valence-electron chi connectivity index (χ4n) is 2.02. The largest absolute Gasteiger partial charge is 0.348 e. The Kier molecular flexibility index (Phi) is 2.96. The van der Waals surface area contributed by atoms with E-state index in [2.05, 4.69) is 18.7 Å². The quantitative estimate of drug-likeness (QED) is 0.648. The number of hydrogen-bond donors (Lipinski definition) is 0. The highest BCUT2D eigenvalue weighted by atomic mass is 16.2. The standard InChI is InChI=1S/C10H20N2O/c1-5-10(9(13)11(3)4)7-12(6-2)8-10/h5-8H2,1-4H3. The predicted octanol–water partition coefficient (Wildman–Crippen LogP) is 0.806. The van der Waals surface area contributed by atoms with Gasteiger partial charge in [0, 0.05) is 27.2 Å². The molecule has 0 aliphatic carbocycles. The second-order valence-corrected chi connectivity index (χ2v) is 4.14. The minimum Gasteiger partial charge on any atom is -0.348 e. The molecule has 0 aromatic carbocycles. The molecule has 0 spiro atoms. The van der Waals surface area contributed by atoms with E-state index in [1.54, 1.807) is 4.90 Å². The molecule has 3 nitrogen and oxygen atoms in total. The van der Waals surface area contributed by atoms with Crippen LogP contribution in [0.4, 0.5) is 0 Å². The Morgan fingerprint density at radius 1 is 1.38 bits per heavy atom. The number of nitrogens with zero attached hydrogens (tertiary/aromatic N) is 2. The summed E-state index contributed by atoms with van der Waals surface area (Å²) in [6.07, 6.45) is 0.959. The summed E-state index contributed by atoms with van der Waals surface area (Å²) in [7, 11) is 3.68. The topological polar surface area (TPSA) is 23.6 Å². The van der Waals surface area contributed by atoms with Crippen LogP contribution in [0.25, 0.3) is 0 Å². The van der Waals surface area contributed by atoms with Gasteiger partial charge in [-0.15, -0.1) is 0 Å². The summed E-state index contributed by atoms with van der Waals surface area (Å²) in [5.41, 5.74) is -0.0699. The monoisotopic (exact) mass is 184 g/mol. The third kappa shape index (κ3) is 1.70. The van der Waals surface area contributed by atoms with Crippen molar-refractivity contribution < 1.29 is 4.79 Å². The van der Waals surface area contributed by atoms with Crippen molar-refractivity contribution in [3.63, 3.8) is 0 Å². The lowest BCUT2D eigenvalue weighted by molar-refractivity contribution is -0.150. The fraction of sp³-hybridized carbons (Fsp3) is 0.900. The van der Waals surface area contributed by atoms with Gasteiger partial charge < -0.3 is 9.80 Å². The molecule has 13 heavy (non-hydrogen) atoms. The molecule has 1 saturated heterocycles. The van der Waals surface area contributed by atoms with Crippen LogP contribution < -0.4 is 0 Å². The first-order valence-corrected chi connectivity index (χ1v) is 5.00. The predicted molar refractivity (Wildman–Crippen MR) is 53.5 cm³/mol. The Morgan fingerprint density at radius 3 is 2.23 bits per heavy atom. The van der Waals surface area contributed by atoms with E-state index < -0.39 is 0 Å². The molecule has 76 valence electrons. The summed E-state index contributed by atoms with van der Waals surface area (Å²) in [5.74, 6) is 0.291. The van der Waals surface area contributed by atoms with Gasteiger partial charge in [0.05, 0.1) is 5.41 Å². The van der Waals surface area contributed by atoms with Gasteiger partial charge in [-0.3, -0.25) is 4.79 Å². The molecule has 1 aliphatic heterocycles. The second-order valence-electron chi connectivity index (χ2n) is 4.14. The van der Waals surface area contributed by atoms with Crippen molar-refractivity contribution in [1.82, 2.24) is 9.80 Å². The molecule has 0 aromatic rings. The number of hydrogen-bond acceptors (Lipinski definition) is 2. The van der Waals surface area contributed by atoms with Crippen LogP contribution in [-0.2, 0) is 4.79 Å². The normalized spacial score (nSPS) is 20.9. The van der Waals surface area contributed by atoms with Gasteiger partial charge in [0.25, 0.3) is 0 Å². The molecule has 0 aromatic heterocycles. The Bertz CT molecular complexity index is 195. The highest BCUT2D eigenvalue weighted by Crippen LogP contribution is 2.34. The molecule has 0 unspecified atom stereocenters. The van der Waals surface area contributed by atoms with Crippen LogP contribution in [0.1, 0.15) is 20.3 Å². The number of carbonyl (C=O) groups is 1. The molecule has 1 heterocycles. The zero-order valence-corrected chi connectivity index (χ0v) is 9.13. The minimum atomic E-state index is -0.0699. The SMILES string of the molecule is CCN1CC(CC)(C(=O)N(C)C)C1. The van der Waals surface area contributed by atoms with E-state index in [4.69, 9.17) is 0 Å². The van der Waals surface area contributed by atoms with Gasteiger partial charge in [0.2, 0.25) is 5.91 Å². The first kappa shape index (κ1) is 10.5. The Labute approximate surface area is 80.7 Å². The molecule has 0 N–H and O–H groups in total. The smallest absolute Gasteiger partial charge is 0.230 e. The summed E-state index contributed by atoms with van der Waals surface area (Å²) in [4.78, 5) is 15.9. The first-order chi connectivity index (χ1) is 6.05. The average molecular weight is 184 g/mol. The van der Waals surface area contributed by atoms with E-state index in [9.17, 15) is 4.79 Å². The molecule has 1 amide bonds. The van der Waals surface area contributed by atoms with Crippen molar-refractivity contribution in [3.05, 3.63) is 0 Å². The summed E-state index contributed by atoms with van der Waals surface area (Å²) in [6.45, 7) is 7.19. The lowest BCUT2D eigenvalue weighted by atomic mass is 9.76. The second kappa shape index (κ2) is 3.66. The van der Waals surface area contributed by atoms with Gasteiger partial charge in [-0.2, -0.15) is 0 Å². The van der Waals surface area contributed by atoms with Crippen molar-refractivity contribution in [1.29, 1.82) is 0 Å². The van der Waals surface area contributed by atoms with Crippen molar-refractivity contribution in [3.8, 4) is 0 Å². The van der Waals surface area contributed by atoms with E-state index in [1.165, 1.54) is 0 Å². The third-order valence-corrected chi connectivity index (χ3v) is 3.04. The van der Waals surface area contributed by atoms with Crippen LogP contribution in [0.2, 0.25) is 0 Å². The Hall–Kier alpha value is -0.570. The molecule has 3 heteroatoms.